The van der Waals surface area contributed by atoms with Gasteiger partial charge in [0.2, 0.25) is 5.91 Å². The minimum absolute atomic E-state index is 0. The van der Waals surface area contributed by atoms with Crippen LogP contribution in [-0.2, 0) is 4.79 Å². The lowest BCUT2D eigenvalue weighted by atomic mass is 10.1. The molecule has 0 radical (unpaired) electrons. The molecule has 20 heavy (non-hydrogen) atoms. The number of nitrogens with one attached hydrogen (secondary N) is 1. The summed E-state index contributed by atoms with van der Waals surface area (Å²) < 4.78 is 0. The lowest BCUT2D eigenvalue weighted by molar-refractivity contribution is -0.117. The van der Waals surface area contributed by atoms with E-state index in [1.165, 1.54) is 6.92 Å². The second-order valence-corrected chi connectivity index (χ2v) is 4.93. The van der Waals surface area contributed by atoms with Gasteiger partial charge in [-0.3, -0.25) is 14.5 Å². The van der Waals surface area contributed by atoms with Crippen molar-refractivity contribution in [2.24, 2.45) is 5.73 Å². The molecule has 0 spiro atoms. The van der Waals surface area contributed by atoms with Crippen LogP contribution in [0.4, 0.5) is 5.69 Å². The highest BCUT2D eigenvalue weighted by molar-refractivity contribution is 6.04. The summed E-state index contributed by atoms with van der Waals surface area (Å²) in [6.07, 6.45) is 0.928. The lowest BCUT2D eigenvalue weighted by Crippen LogP contribution is -2.33. The van der Waals surface area contributed by atoms with Gasteiger partial charge in [-0.2, -0.15) is 0 Å². The van der Waals surface area contributed by atoms with E-state index in [-0.39, 0.29) is 30.1 Å². The fourth-order valence-electron chi connectivity index (χ4n) is 2.30. The Balaban J connectivity index is 0.00000200. The maximum Gasteiger partial charge on any atom is 0.238 e. The van der Waals surface area contributed by atoms with Gasteiger partial charge >= 0.3 is 0 Å². The molecule has 2 rings (SSSR count). The molecule has 6 heteroatoms. The first-order chi connectivity index (χ1) is 9.06. The summed E-state index contributed by atoms with van der Waals surface area (Å²) in [4.78, 5) is 25.4. The highest BCUT2D eigenvalue weighted by Gasteiger charge is 2.21. The van der Waals surface area contributed by atoms with Gasteiger partial charge in [0.05, 0.1) is 12.2 Å². The summed E-state index contributed by atoms with van der Waals surface area (Å²) in [6.45, 7) is 3.41. The van der Waals surface area contributed by atoms with Gasteiger partial charge in [0, 0.05) is 24.7 Å². The lowest BCUT2D eigenvalue weighted by Gasteiger charge is -2.15. The normalized spacial score (nSPS) is 18.4. The van der Waals surface area contributed by atoms with Crippen LogP contribution in [0.15, 0.2) is 24.3 Å². The van der Waals surface area contributed by atoms with E-state index in [4.69, 9.17) is 5.73 Å². The Hall–Kier alpha value is -1.43. The van der Waals surface area contributed by atoms with E-state index in [1.807, 2.05) is 4.90 Å². The topological polar surface area (TPSA) is 75.4 Å². The number of likely N-dealkylation sites (tertiary alicyclic amines) is 1. The number of para-hydroxylation sites is 1. The van der Waals surface area contributed by atoms with E-state index >= 15 is 0 Å². The number of anilines is 1. The van der Waals surface area contributed by atoms with Crippen LogP contribution in [-0.4, -0.2) is 42.3 Å². The molecule has 0 bridgehead atoms. The van der Waals surface area contributed by atoms with Crippen LogP contribution in [0.1, 0.15) is 23.7 Å². The first kappa shape index (κ1) is 16.6. The number of Topliss-reactive ketones (excluding diaryl/α,β-unsaturated/α-hetero) is 1. The number of hydrogen-bond donors (Lipinski definition) is 2. The van der Waals surface area contributed by atoms with Crippen molar-refractivity contribution in [2.45, 2.75) is 19.4 Å². The van der Waals surface area contributed by atoms with Gasteiger partial charge in [0.15, 0.2) is 5.78 Å². The van der Waals surface area contributed by atoms with E-state index in [1.54, 1.807) is 24.3 Å². The number of benzene rings is 1. The number of nitrogens with zero attached hydrogens (tertiary/aromatic N) is 1. The van der Waals surface area contributed by atoms with Crippen LogP contribution < -0.4 is 11.1 Å². The number of halogens is 1. The number of carbonyl (C=O) groups excluding carboxylic acids is 2. The quantitative estimate of drug-likeness (QED) is 0.821. The molecule has 1 aliphatic rings. The van der Waals surface area contributed by atoms with Crippen LogP contribution >= 0.6 is 12.4 Å². The zero-order chi connectivity index (χ0) is 13.8. The van der Waals surface area contributed by atoms with Gasteiger partial charge < -0.3 is 11.1 Å². The first-order valence-corrected chi connectivity index (χ1v) is 6.44. The third kappa shape index (κ3) is 4.30. The van der Waals surface area contributed by atoms with Gasteiger partial charge in [-0.25, -0.2) is 0 Å². The number of ketones is 1. The molecule has 5 nitrogen and oxygen atoms in total. The van der Waals surface area contributed by atoms with Crippen molar-refractivity contribution in [1.29, 1.82) is 0 Å². The monoisotopic (exact) mass is 297 g/mol. The maximum atomic E-state index is 11.9. The summed E-state index contributed by atoms with van der Waals surface area (Å²) in [5, 5.41) is 2.79. The molecule has 3 N–H and O–H groups in total. The zero-order valence-corrected chi connectivity index (χ0v) is 12.3. The van der Waals surface area contributed by atoms with Crippen molar-refractivity contribution in [1.82, 2.24) is 4.90 Å². The predicted molar refractivity (Wildman–Crippen MR) is 81.4 cm³/mol. The molecular weight excluding hydrogens is 278 g/mol. The number of amides is 1. The Morgan fingerprint density at radius 2 is 2.10 bits per heavy atom. The van der Waals surface area contributed by atoms with E-state index in [0.717, 1.165) is 19.5 Å². The van der Waals surface area contributed by atoms with Gasteiger partial charge in [0.25, 0.3) is 0 Å². The van der Waals surface area contributed by atoms with Gasteiger partial charge in [0.1, 0.15) is 0 Å². The Kier molecular flexibility index (Phi) is 6.13. The van der Waals surface area contributed by atoms with Gasteiger partial charge in [-0.05, 0) is 25.5 Å². The minimum Gasteiger partial charge on any atom is -0.326 e. The molecule has 1 aromatic carbocycles. The Morgan fingerprint density at radius 3 is 2.70 bits per heavy atom. The van der Waals surface area contributed by atoms with Crippen molar-refractivity contribution in [3.8, 4) is 0 Å². The molecular formula is C14H20ClN3O2. The smallest absolute Gasteiger partial charge is 0.238 e. The van der Waals surface area contributed by atoms with Crippen LogP contribution in [0.3, 0.4) is 0 Å². The standard InChI is InChI=1S/C14H19N3O2.ClH/c1-10(18)12-4-2-3-5-13(12)16-14(19)9-17-7-6-11(15)8-17;/h2-5,11H,6-9,15H2,1H3,(H,16,19);1H/t11-;/m1./s1. The van der Waals surface area contributed by atoms with Crippen LogP contribution in [0.5, 0.6) is 0 Å². The molecule has 1 amide bonds. The van der Waals surface area contributed by atoms with Crippen molar-refractivity contribution in [3.63, 3.8) is 0 Å². The molecule has 0 unspecified atom stereocenters. The number of hydrogen-bond acceptors (Lipinski definition) is 4. The molecule has 110 valence electrons. The maximum absolute atomic E-state index is 11.9. The third-order valence-corrected chi connectivity index (χ3v) is 3.26. The Morgan fingerprint density at radius 1 is 1.40 bits per heavy atom. The Bertz CT molecular complexity index is 493. The number of carbonyl (C=O) groups is 2. The van der Waals surface area contributed by atoms with Crippen molar-refractivity contribution < 1.29 is 9.59 Å². The summed E-state index contributed by atoms with van der Waals surface area (Å²) in [5.41, 5.74) is 6.91. The highest BCUT2D eigenvalue weighted by Crippen LogP contribution is 2.15. The fourth-order valence-corrected chi connectivity index (χ4v) is 2.30. The van der Waals surface area contributed by atoms with E-state index in [0.29, 0.717) is 17.8 Å². The zero-order valence-electron chi connectivity index (χ0n) is 11.5. The van der Waals surface area contributed by atoms with Crippen LogP contribution in [0, 0.1) is 0 Å². The fraction of sp³-hybridized carbons (Fsp3) is 0.429. The molecule has 0 aromatic heterocycles. The molecule has 1 aliphatic heterocycles. The van der Waals surface area contributed by atoms with E-state index < -0.39 is 0 Å². The average molecular weight is 298 g/mol. The van der Waals surface area contributed by atoms with Crippen molar-refractivity contribution in [3.05, 3.63) is 29.8 Å². The highest BCUT2D eigenvalue weighted by atomic mass is 35.5. The second kappa shape index (κ2) is 7.38. The largest absolute Gasteiger partial charge is 0.326 e. The minimum atomic E-state index is -0.109. The molecule has 1 heterocycles. The summed E-state index contributed by atoms with van der Waals surface area (Å²) >= 11 is 0. The van der Waals surface area contributed by atoms with Gasteiger partial charge in [-0.15, -0.1) is 12.4 Å². The number of rotatable bonds is 4. The van der Waals surface area contributed by atoms with Crippen LogP contribution in [0.2, 0.25) is 0 Å². The number of nitrogens with two attached hydrogens (primary N) is 1. The summed E-state index contributed by atoms with van der Waals surface area (Å²) in [6, 6.07) is 7.20. The van der Waals surface area contributed by atoms with E-state index in [2.05, 4.69) is 5.32 Å². The van der Waals surface area contributed by atoms with E-state index in [9.17, 15) is 9.59 Å². The molecule has 0 aliphatic carbocycles. The SMILES string of the molecule is CC(=O)c1ccccc1NC(=O)CN1CC[C@@H](N)C1.Cl. The molecule has 1 fully saturated rings. The Labute approximate surface area is 124 Å². The van der Waals surface area contributed by atoms with Crippen LogP contribution in [0.25, 0.3) is 0 Å². The molecule has 1 aromatic rings. The average Bonchev–Trinajstić information content (AvgIpc) is 2.75. The molecule has 0 saturated carbocycles. The third-order valence-electron chi connectivity index (χ3n) is 3.26. The second-order valence-electron chi connectivity index (χ2n) is 4.93. The summed E-state index contributed by atoms with van der Waals surface area (Å²) in [7, 11) is 0. The molecule has 1 saturated heterocycles. The van der Waals surface area contributed by atoms with Crippen molar-refractivity contribution >= 4 is 29.8 Å². The van der Waals surface area contributed by atoms with Crippen molar-refractivity contribution in [2.75, 3.05) is 25.0 Å². The predicted octanol–water partition coefficient (Wildman–Crippen LogP) is 1.28. The van der Waals surface area contributed by atoms with Gasteiger partial charge in [-0.1, -0.05) is 12.1 Å². The summed E-state index contributed by atoms with van der Waals surface area (Å²) in [5.74, 6) is -0.165. The first-order valence-electron chi connectivity index (χ1n) is 6.44. The molecule has 1 atom stereocenters.